The normalized spacial score (nSPS) is 12.6. The van der Waals surface area contributed by atoms with Crippen LogP contribution < -0.4 is 16.8 Å². The first-order chi connectivity index (χ1) is 27.2. The Morgan fingerprint density at radius 3 is 1.66 bits per heavy atom. The van der Waals surface area contributed by atoms with Crippen molar-refractivity contribution in [3.8, 4) is 11.5 Å². The van der Waals surface area contributed by atoms with Crippen molar-refractivity contribution in [2.75, 3.05) is 16.8 Å². The zero-order chi connectivity index (χ0) is 42.2. The van der Waals surface area contributed by atoms with Crippen LogP contribution in [0.2, 0.25) is 0 Å². The highest BCUT2D eigenvalue weighted by Gasteiger charge is 2.28. The summed E-state index contributed by atoms with van der Waals surface area (Å²) in [4.78, 5) is -2.68. The van der Waals surface area contributed by atoms with Crippen LogP contribution in [-0.4, -0.2) is 49.1 Å². The molecule has 0 radical (unpaired) electrons. The van der Waals surface area contributed by atoms with Gasteiger partial charge in [0, 0.05) is 17.4 Å². The monoisotopic (exact) mass is 847 g/mol. The Morgan fingerprint density at radius 1 is 0.552 bits per heavy atom. The number of aromatic hydroxyl groups is 2. The van der Waals surface area contributed by atoms with E-state index in [2.05, 4.69) is 36.0 Å². The average molecular weight is 848 g/mol. The van der Waals surface area contributed by atoms with Crippen LogP contribution in [0.5, 0.6) is 11.5 Å². The summed E-state index contributed by atoms with van der Waals surface area (Å²) < 4.78 is 105. The molecule has 0 unspecified atom stereocenters. The summed E-state index contributed by atoms with van der Waals surface area (Å²) in [6.07, 6.45) is 0. The predicted octanol–water partition coefficient (Wildman–Crippen LogP) is 8.45. The van der Waals surface area contributed by atoms with Gasteiger partial charge in [-0.05, 0) is 91.2 Å². The molecule has 0 amide bonds. The number of phenols is 2. The highest BCUT2D eigenvalue weighted by molar-refractivity contribution is 7.86. The number of aryl methyl sites for hydroxylation is 1. The Bertz CT molecular complexity index is 3050. The Labute approximate surface area is 329 Å². The van der Waals surface area contributed by atoms with Gasteiger partial charge < -0.3 is 27.0 Å². The van der Waals surface area contributed by atoms with Crippen molar-refractivity contribution in [2.24, 2.45) is 30.7 Å². The van der Waals surface area contributed by atoms with Crippen LogP contribution in [0.15, 0.2) is 142 Å². The van der Waals surface area contributed by atoms with Gasteiger partial charge in [0.1, 0.15) is 37.5 Å². The lowest BCUT2D eigenvalue weighted by Gasteiger charge is -2.14. The van der Waals surface area contributed by atoms with Gasteiger partial charge in [0.15, 0.2) is 5.75 Å². The smallest absolute Gasteiger partial charge is 0.296 e. The first kappa shape index (κ1) is 40.8. The highest BCUT2D eigenvalue weighted by atomic mass is 32.2. The minimum Gasteiger partial charge on any atom is -0.506 e. The molecule has 0 saturated carbocycles. The summed E-state index contributed by atoms with van der Waals surface area (Å²) in [7, 11) is -15.3. The Kier molecular flexibility index (Phi) is 10.9. The Morgan fingerprint density at radius 2 is 1.07 bits per heavy atom. The van der Waals surface area contributed by atoms with Gasteiger partial charge in [-0.1, -0.05) is 17.7 Å². The van der Waals surface area contributed by atoms with Crippen LogP contribution in [0.4, 0.5) is 56.9 Å². The van der Waals surface area contributed by atoms with E-state index in [0.29, 0.717) is 23.1 Å². The fourth-order valence-electron chi connectivity index (χ4n) is 5.32. The van der Waals surface area contributed by atoms with Gasteiger partial charge in [-0.25, -0.2) is 0 Å². The molecule has 0 saturated heterocycles. The van der Waals surface area contributed by atoms with E-state index in [1.165, 1.54) is 66.7 Å². The third-order valence-electron chi connectivity index (χ3n) is 8.10. The number of nitrogen functional groups attached to an aromatic ring is 2. The van der Waals surface area contributed by atoms with E-state index in [9.17, 15) is 49.1 Å². The van der Waals surface area contributed by atoms with Crippen molar-refractivity contribution >= 4 is 98.0 Å². The molecule has 6 aromatic rings. The molecule has 0 bridgehead atoms. The minimum absolute atomic E-state index is 0.127. The van der Waals surface area contributed by atoms with Crippen molar-refractivity contribution in [1.29, 1.82) is 0 Å². The molecule has 23 heteroatoms. The SMILES string of the molecule is Cc1ccc(N=Nc2c(S(=O)(=O)O)cc3cc(S(=O)(=O)O)c(N=Nc4ccc(Nc5ccc(N=Nc6ccc(N)cc6O)cc5)c(S(=O)(=O)O)c4)c(N)c3c2O)cc1. The van der Waals surface area contributed by atoms with Crippen LogP contribution in [0.25, 0.3) is 10.8 Å². The average Bonchev–Trinajstić information content (AvgIpc) is 3.14. The largest absolute Gasteiger partial charge is 0.506 e. The summed E-state index contributed by atoms with van der Waals surface area (Å²) in [5.41, 5.74) is 11.6. The van der Waals surface area contributed by atoms with Crippen LogP contribution in [0, 0.1) is 6.92 Å². The second-order valence-corrected chi connectivity index (χ2v) is 16.4. The lowest BCUT2D eigenvalue weighted by Crippen LogP contribution is -2.04. The van der Waals surface area contributed by atoms with E-state index in [-0.39, 0.29) is 28.5 Å². The Hall–Kier alpha value is -6.89. The molecule has 0 aliphatic carbocycles. The van der Waals surface area contributed by atoms with Crippen molar-refractivity contribution in [3.05, 3.63) is 103 Å². The van der Waals surface area contributed by atoms with E-state index < -0.39 is 78.6 Å². The molecule has 20 nitrogen and oxygen atoms in total. The molecule has 0 spiro atoms. The van der Waals surface area contributed by atoms with Crippen molar-refractivity contribution in [1.82, 2.24) is 0 Å². The molecule has 0 fully saturated rings. The lowest BCUT2D eigenvalue weighted by atomic mass is 10.1. The Balaban J connectivity index is 1.37. The third kappa shape index (κ3) is 9.04. The maximum absolute atomic E-state index is 12.5. The molecule has 0 aliphatic heterocycles. The second kappa shape index (κ2) is 15.6. The molecule has 58 heavy (non-hydrogen) atoms. The van der Waals surface area contributed by atoms with Crippen molar-refractivity contribution < 1.29 is 49.1 Å². The quantitative estimate of drug-likeness (QED) is 0.0344. The van der Waals surface area contributed by atoms with Gasteiger partial charge in [0.05, 0.1) is 33.8 Å². The van der Waals surface area contributed by atoms with Gasteiger partial charge in [-0.2, -0.15) is 40.6 Å². The lowest BCUT2D eigenvalue weighted by molar-refractivity contribution is 0.472. The number of anilines is 4. The summed E-state index contributed by atoms with van der Waals surface area (Å²) >= 11 is 0. The number of nitrogens with two attached hydrogens (primary N) is 2. The number of nitrogens with zero attached hydrogens (tertiary/aromatic N) is 6. The minimum atomic E-state index is -5.21. The van der Waals surface area contributed by atoms with Crippen LogP contribution in [-0.2, 0) is 30.4 Å². The van der Waals surface area contributed by atoms with Gasteiger partial charge in [-0.3, -0.25) is 13.7 Å². The fourth-order valence-corrected chi connectivity index (χ4v) is 7.32. The number of hydrogen-bond acceptors (Lipinski definition) is 17. The van der Waals surface area contributed by atoms with Crippen molar-refractivity contribution in [3.63, 3.8) is 0 Å². The number of benzene rings is 6. The molecule has 6 aromatic carbocycles. The van der Waals surface area contributed by atoms with Crippen molar-refractivity contribution in [2.45, 2.75) is 21.6 Å². The molecular weight excluding hydrogens is 819 g/mol. The van der Waals surface area contributed by atoms with Gasteiger partial charge in [0.2, 0.25) is 0 Å². The number of azo groups is 3. The van der Waals surface area contributed by atoms with Crippen LogP contribution in [0.3, 0.4) is 0 Å². The molecular formula is C35H29N9O11S3. The number of nitrogens with one attached hydrogen (secondary N) is 1. The van der Waals surface area contributed by atoms with Gasteiger partial charge in [-0.15, -0.1) is 15.3 Å². The van der Waals surface area contributed by atoms with E-state index >= 15 is 0 Å². The number of fused-ring (bicyclic) bond motifs is 1. The van der Waals surface area contributed by atoms with E-state index in [4.69, 9.17) is 11.5 Å². The van der Waals surface area contributed by atoms with Crippen LogP contribution in [0.1, 0.15) is 5.56 Å². The van der Waals surface area contributed by atoms with Gasteiger partial charge >= 0.3 is 0 Å². The van der Waals surface area contributed by atoms with E-state index in [1.807, 2.05) is 6.92 Å². The first-order valence-corrected chi connectivity index (χ1v) is 20.5. The summed E-state index contributed by atoms with van der Waals surface area (Å²) in [5, 5.41) is 46.6. The van der Waals surface area contributed by atoms with Crippen LogP contribution >= 0.6 is 0 Å². The summed E-state index contributed by atoms with van der Waals surface area (Å²) in [5.74, 6) is -1.15. The zero-order valence-electron chi connectivity index (χ0n) is 29.5. The predicted molar refractivity (Wildman–Crippen MR) is 212 cm³/mol. The second-order valence-electron chi connectivity index (χ2n) is 12.3. The summed E-state index contributed by atoms with van der Waals surface area (Å²) in [6, 6.07) is 21.6. The maximum Gasteiger partial charge on any atom is 0.296 e. The third-order valence-corrected chi connectivity index (χ3v) is 10.7. The molecule has 0 aliphatic rings. The molecule has 298 valence electrons. The maximum atomic E-state index is 12.5. The van der Waals surface area contributed by atoms with Gasteiger partial charge in [0.25, 0.3) is 30.4 Å². The number of hydrogen-bond donors (Lipinski definition) is 8. The molecule has 0 atom stereocenters. The number of rotatable bonds is 11. The molecule has 0 heterocycles. The molecule has 10 N–H and O–H groups in total. The topological polar surface area (TPSA) is 342 Å². The van der Waals surface area contributed by atoms with E-state index in [0.717, 1.165) is 17.7 Å². The zero-order valence-corrected chi connectivity index (χ0v) is 31.9. The highest BCUT2D eigenvalue weighted by Crippen LogP contribution is 2.48. The fraction of sp³-hybridized carbons (Fsp3) is 0.0286. The first-order valence-electron chi connectivity index (χ1n) is 16.1. The molecule has 6 rings (SSSR count). The molecule has 0 aromatic heterocycles. The number of phenolic OH excluding ortho intramolecular Hbond substituents is 2. The summed E-state index contributed by atoms with van der Waals surface area (Å²) in [6.45, 7) is 1.81. The van der Waals surface area contributed by atoms with E-state index in [1.54, 1.807) is 12.1 Å². The standard InChI is InChI=1S/C35H29N9O11S3/c1-18-2-5-22(6-3-18)40-44-34-30(58(53,54)55)15-19-14-29(57(50,51)52)33(32(37)31(19)35(34)46)43-41-24-11-13-26(28(17-24)56(47,48)49)38-21-7-9-23(10-8-21)39-42-25-12-4-20(36)16-27(25)45/h2-17,38,45-46H,36-37H2,1H3,(H,47,48,49)(H,50,51,52)(H,53,54,55).